The molecule has 0 saturated heterocycles. The summed E-state index contributed by atoms with van der Waals surface area (Å²) in [5, 5.41) is 0.296. The zero-order chi connectivity index (χ0) is 14.2. The molecule has 102 valence electrons. The molecular formula is C15H14N2O2P-. The minimum Gasteiger partial charge on any atom is -0.790 e. The third-order valence-corrected chi connectivity index (χ3v) is 5.16. The number of fused-ring (bicyclic) bond motifs is 1. The molecule has 0 amide bonds. The number of para-hydroxylation sites is 2. The molecule has 0 bridgehead atoms. The molecular weight excluding hydrogens is 271 g/mol. The molecule has 1 heterocycles. The molecule has 2 aromatic carbocycles. The van der Waals surface area contributed by atoms with Gasteiger partial charge in [0.25, 0.3) is 0 Å². The van der Waals surface area contributed by atoms with Crippen molar-refractivity contribution in [2.75, 3.05) is 0 Å². The smallest absolute Gasteiger partial charge is 0.160 e. The summed E-state index contributed by atoms with van der Waals surface area (Å²) in [5.41, 5.74) is 1.68. The monoisotopic (exact) mass is 285 g/mol. The molecule has 0 spiro atoms. The van der Waals surface area contributed by atoms with Crippen molar-refractivity contribution in [3.05, 3.63) is 54.6 Å². The van der Waals surface area contributed by atoms with Crippen molar-refractivity contribution in [3.63, 3.8) is 0 Å². The Kier molecular flexibility index (Phi) is 3.20. The van der Waals surface area contributed by atoms with E-state index in [0.29, 0.717) is 17.4 Å². The van der Waals surface area contributed by atoms with Gasteiger partial charge in [0.05, 0.1) is 11.0 Å². The van der Waals surface area contributed by atoms with Crippen LogP contribution in [-0.4, -0.2) is 9.55 Å². The second-order valence-electron chi connectivity index (χ2n) is 4.53. The number of rotatable bonds is 3. The van der Waals surface area contributed by atoms with Crippen LogP contribution >= 0.6 is 7.37 Å². The summed E-state index contributed by atoms with van der Waals surface area (Å²) in [6.07, 6.45) is 0. The van der Waals surface area contributed by atoms with Gasteiger partial charge in [0, 0.05) is 11.8 Å². The van der Waals surface area contributed by atoms with Crippen molar-refractivity contribution in [2.45, 2.75) is 13.5 Å². The highest BCUT2D eigenvalue weighted by atomic mass is 31.2. The Morgan fingerprint density at radius 2 is 1.75 bits per heavy atom. The third kappa shape index (κ3) is 1.98. The minimum atomic E-state index is -3.92. The van der Waals surface area contributed by atoms with Gasteiger partial charge >= 0.3 is 0 Å². The first-order chi connectivity index (χ1) is 9.64. The Labute approximate surface area is 117 Å². The quantitative estimate of drug-likeness (QED) is 0.687. The Hall–Kier alpha value is -1.90. The highest BCUT2D eigenvalue weighted by Gasteiger charge is 2.21. The lowest BCUT2D eigenvalue weighted by Gasteiger charge is -2.23. The topological polar surface area (TPSA) is 58.0 Å². The second-order valence-corrected chi connectivity index (χ2v) is 6.55. The maximum absolute atomic E-state index is 12.7. The Bertz CT molecular complexity index is 796. The molecule has 3 rings (SSSR count). The second kappa shape index (κ2) is 4.89. The lowest BCUT2D eigenvalue weighted by Crippen LogP contribution is -2.31. The highest BCUT2D eigenvalue weighted by molar-refractivity contribution is 7.71. The van der Waals surface area contributed by atoms with Crippen molar-refractivity contribution in [1.29, 1.82) is 0 Å². The van der Waals surface area contributed by atoms with Gasteiger partial charge in [-0.3, -0.25) is 0 Å². The fourth-order valence-electron chi connectivity index (χ4n) is 2.34. The number of hydrogen-bond donors (Lipinski definition) is 0. The first kappa shape index (κ1) is 13.1. The van der Waals surface area contributed by atoms with Gasteiger partial charge in [-0.2, -0.15) is 0 Å². The molecule has 1 aromatic heterocycles. The van der Waals surface area contributed by atoms with Crippen LogP contribution in [0.1, 0.15) is 6.92 Å². The normalized spacial score (nSPS) is 14.3. The Balaban J connectivity index is 2.26. The first-order valence-corrected chi connectivity index (χ1v) is 8.09. The van der Waals surface area contributed by atoms with E-state index in [9.17, 15) is 9.46 Å². The molecule has 0 N–H and O–H groups in total. The van der Waals surface area contributed by atoms with Crippen LogP contribution in [0.25, 0.3) is 11.0 Å². The van der Waals surface area contributed by atoms with E-state index in [4.69, 9.17) is 0 Å². The van der Waals surface area contributed by atoms with Crippen molar-refractivity contribution in [3.8, 4) is 0 Å². The van der Waals surface area contributed by atoms with Gasteiger partial charge in [-0.25, -0.2) is 4.98 Å². The number of hydrogen-bond acceptors (Lipinski definition) is 3. The van der Waals surface area contributed by atoms with E-state index in [1.54, 1.807) is 34.9 Å². The largest absolute Gasteiger partial charge is 0.790 e. The molecule has 1 unspecified atom stereocenters. The van der Waals surface area contributed by atoms with Crippen LogP contribution in [0.4, 0.5) is 0 Å². The third-order valence-electron chi connectivity index (χ3n) is 3.31. The zero-order valence-electron chi connectivity index (χ0n) is 11.1. The van der Waals surface area contributed by atoms with Crippen LogP contribution in [-0.2, 0) is 11.1 Å². The van der Waals surface area contributed by atoms with Gasteiger partial charge in [0.1, 0.15) is 7.37 Å². The van der Waals surface area contributed by atoms with Gasteiger partial charge in [0.2, 0.25) is 0 Å². The Morgan fingerprint density at radius 3 is 2.45 bits per heavy atom. The predicted molar refractivity (Wildman–Crippen MR) is 78.7 cm³/mol. The average molecular weight is 285 g/mol. The Morgan fingerprint density at radius 1 is 1.10 bits per heavy atom. The highest BCUT2D eigenvalue weighted by Crippen LogP contribution is 2.33. The summed E-state index contributed by atoms with van der Waals surface area (Å²) in [6, 6.07) is 15.9. The molecule has 0 fully saturated rings. The zero-order valence-corrected chi connectivity index (χ0v) is 12.0. The molecule has 0 radical (unpaired) electrons. The lowest BCUT2D eigenvalue weighted by atomic mass is 10.3. The molecule has 0 aliphatic carbocycles. The maximum Gasteiger partial charge on any atom is 0.160 e. The molecule has 20 heavy (non-hydrogen) atoms. The summed E-state index contributed by atoms with van der Waals surface area (Å²) in [5.74, 6) is 0. The van der Waals surface area contributed by atoms with E-state index in [1.807, 2.05) is 31.2 Å². The molecule has 3 aromatic rings. The summed E-state index contributed by atoms with van der Waals surface area (Å²) in [7, 11) is -3.92. The summed E-state index contributed by atoms with van der Waals surface area (Å²) < 4.78 is 14.5. The fourth-order valence-corrected chi connectivity index (χ4v) is 3.94. The molecule has 0 aliphatic rings. The van der Waals surface area contributed by atoms with Crippen LogP contribution in [0.15, 0.2) is 54.6 Å². The van der Waals surface area contributed by atoms with Gasteiger partial charge in [-0.1, -0.05) is 42.5 Å². The number of nitrogens with zero attached hydrogens (tertiary/aromatic N) is 2. The van der Waals surface area contributed by atoms with E-state index in [0.717, 1.165) is 5.52 Å². The average Bonchev–Trinajstić information content (AvgIpc) is 2.87. The van der Waals surface area contributed by atoms with Crippen molar-refractivity contribution < 1.29 is 9.46 Å². The van der Waals surface area contributed by atoms with Crippen LogP contribution in [0.5, 0.6) is 0 Å². The first-order valence-electron chi connectivity index (χ1n) is 6.47. The van der Waals surface area contributed by atoms with Gasteiger partial charge in [-0.15, -0.1) is 0 Å². The number of aryl methyl sites for hydroxylation is 1. The van der Waals surface area contributed by atoms with E-state index in [1.165, 1.54) is 0 Å². The maximum atomic E-state index is 12.7. The van der Waals surface area contributed by atoms with Crippen LogP contribution in [0, 0.1) is 0 Å². The molecule has 0 saturated carbocycles. The van der Waals surface area contributed by atoms with Crippen molar-refractivity contribution in [1.82, 2.24) is 9.55 Å². The minimum absolute atomic E-state index is 0.132. The van der Waals surface area contributed by atoms with Crippen molar-refractivity contribution in [2.24, 2.45) is 0 Å². The predicted octanol–water partition coefficient (Wildman–Crippen LogP) is 1.65. The number of benzene rings is 2. The molecule has 5 heteroatoms. The van der Waals surface area contributed by atoms with Gasteiger partial charge < -0.3 is 14.0 Å². The van der Waals surface area contributed by atoms with E-state index >= 15 is 0 Å². The lowest BCUT2D eigenvalue weighted by molar-refractivity contribution is -0.167. The van der Waals surface area contributed by atoms with Gasteiger partial charge in [-0.05, 0) is 19.1 Å². The number of imidazole rings is 1. The molecule has 0 aliphatic heterocycles. The van der Waals surface area contributed by atoms with E-state index in [2.05, 4.69) is 4.98 Å². The summed E-state index contributed by atoms with van der Waals surface area (Å²) >= 11 is 0. The standard InChI is InChI=1S/C15H15N2O2P/c1-2-17-14-11-7-6-10-13(14)16-15(17)20(18,19)12-8-4-3-5-9-12/h3-11H,2H2,1H3,(H,18,19)/p-1. The summed E-state index contributed by atoms with van der Waals surface area (Å²) in [4.78, 5) is 17.0. The van der Waals surface area contributed by atoms with E-state index in [-0.39, 0.29) is 5.57 Å². The van der Waals surface area contributed by atoms with Crippen LogP contribution in [0.2, 0.25) is 0 Å². The van der Waals surface area contributed by atoms with E-state index < -0.39 is 7.37 Å². The molecule has 4 nitrogen and oxygen atoms in total. The van der Waals surface area contributed by atoms with Gasteiger partial charge in [0.15, 0.2) is 5.57 Å². The fraction of sp³-hybridized carbons (Fsp3) is 0.133. The van der Waals surface area contributed by atoms with Crippen molar-refractivity contribution >= 4 is 29.3 Å². The van der Waals surface area contributed by atoms with Crippen LogP contribution in [0.3, 0.4) is 0 Å². The summed E-state index contributed by atoms with van der Waals surface area (Å²) in [6.45, 7) is 2.48. The SMILES string of the molecule is CCn1c(P(=O)([O-])c2ccccc2)nc2ccccc21. The van der Waals surface area contributed by atoms with Crippen LogP contribution < -0.4 is 15.8 Å². The number of aromatic nitrogens is 2. The molecule has 1 atom stereocenters.